The van der Waals surface area contributed by atoms with E-state index in [9.17, 15) is 0 Å². The maximum absolute atomic E-state index is 4.53. The van der Waals surface area contributed by atoms with Crippen LogP contribution in [0.2, 0.25) is 0 Å². The molecule has 1 aromatic carbocycles. The molecule has 0 saturated carbocycles. The lowest BCUT2D eigenvalue weighted by Gasteiger charge is -2.21. The molecule has 1 atom stereocenters. The molecule has 0 bridgehead atoms. The Kier molecular flexibility index (Phi) is 4.07. The largest absolute Gasteiger partial charge is 0.371 e. The summed E-state index contributed by atoms with van der Waals surface area (Å²) in [5, 5.41) is 3.39. The maximum atomic E-state index is 4.53. The fraction of sp³-hybridized carbons (Fsp3) is 0.400. The SMILES string of the molecule is CC(C1=Cc2ccccc2CC1)C1=NCCN1.Cl. The number of nitrogens with zero attached hydrogens (tertiary/aromatic N) is 1. The standard InChI is InChI=1S/C15H18N2.ClH/c1-11(15-16-8-9-17-15)13-7-6-12-4-2-3-5-14(12)10-13;/h2-5,10-11H,6-9H2,1H3,(H,16,17);1H. The molecule has 1 N–H and O–H groups in total. The molecule has 18 heavy (non-hydrogen) atoms. The lowest BCUT2D eigenvalue weighted by molar-refractivity contribution is 0.781. The minimum atomic E-state index is 0. The van der Waals surface area contributed by atoms with Gasteiger partial charge in [0.2, 0.25) is 0 Å². The summed E-state index contributed by atoms with van der Waals surface area (Å²) >= 11 is 0. The van der Waals surface area contributed by atoms with E-state index >= 15 is 0 Å². The third kappa shape index (κ3) is 2.44. The quantitative estimate of drug-likeness (QED) is 0.870. The van der Waals surface area contributed by atoms with Crippen LogP contribution in [0.25, 0.3) is 6.08 Å². The summed E-state index contributed by atoms with van der Waals surface area (Å²) in [5.74, 6) is 1.63. The van der Waals surface area contributed by atoms with Crippen molar-refractivity contribution in [2.24, 2.45) is 10.9 Å². The van der Waals surface area contributed by atoms with E-state index in [-0.39, 0.29) is 12.4 Å². The molecule has 2 nitrogen and oxygen atoms in total. The number of benzene rings is 1. The van der Waals surface area contributed by atoms with Gasteiger partial charge in [-0.3, -0.25) is 4.99 Å². The second-order valence-corrected chi connectivity index (χ2v) is 4.83. The van der Waals surface area contributed by atoms with E-state index in [0.717, 1.165) is 13.1 Å². The van der Waals surface area contributed by atoms with Crippen LogP contribution in [0.15, 0.2) is 34.8 Å². The van der Waals surface area contributed by atoms with Crippen LogP contribution in [0.5, 0.6) is 0 Å². The third-order valence-electron chi connectivity index (χ3n) is 3.75. The minimum absolute atomic E-state index is 0. The highest BCUT2D eigenvalue weighted by Gasteiger charge is 2.20. The summed E-state index contributed by atoms with van der Waals surface area (Å²) in [6, 6.07) is 8.70. The van der Waals surface area contributed by atoms with E-state index in [0.29, 0.717) is 5.92 Å². The molecule has 0 spiro atoms. The molecule has 0 aromatic heterocycles. The van der Waals surface area contributed by atoms with Crippen LogP contribution >= 0.6 is 12.4 Å². The van der Waals surface area contributed by atoms with Gasteiger partial charge >= 0.3 is 0 Å². The predicted octanol–water partition coefficient (Wildman–Crippen LogP) is 3.08. The van der Waals surface area contributed by atoms with Crippen molar-refractivity contribution in [2.75, 3.05) is 13.1 Å². The first-order valence-electron chi connectivity index (χ1n) is 6.41. The molecule has 0 radical (unpaired) electrons. The average molecular weight is 263 g/mol. The summed E-state index contributed by atoms with van der Waals surface area (Å²) < 4.78 is 0. The highest BCUT2D eigenvalue weighted by atomic mass is 35.5. The molecule has 3 heteroatoms. The number of aryl methyl sites for hydroxylation is 1. The molecule has 1 unspecified atom stereocenters. The molecule has 3 rings (SSSR count). The van der Waals surface area contributed by atoms with E-state index in [2.05, 4.69) is 47.6 Å². The van der Waals surface area contributed by atoms with Gasteiger partial charge in [-0.2, -0.15) is 0 Å². The second kappa shape index (κ2) is 5.57. The Balaban J connectivity index is 0.00000120. The smallest absolute Gasteiger partial charge is 0.103 e. The molecular formula is C15H19ClN2. The molecule has 1 aliphatic heterocycles. The van der Waals surface area contributed by atoms with Gasteiger partial charge in [0.15, 0.2) is 0 Å². The fourth-order valence-corrected chi connectivity index (χ4v) is 2.68. The van der Waals surface area contributed by atoms with E-state index in [4.69, 9.17) is 0 Å². The number of nitrogens with one attached hydrogen (secondary N) is 1. The van der Waals surface area contributed by atoms with Gasteiger partial charge in [0.1, 0.15) is 5.84 Å². The van der Waals surface area contributed by atoms with Gasteiger partial charge in [-0.15, -0.1) is 12.4 Å². The van der Waals surface area contributed by atoms with Crippen molar-refractivity contribution < 1.29 is 0 Å². The average Bonchev–Trinajstić information content (AvgIpc) is 2.91. The lowest BCUT2D eigenvalue weighted by Crippen LogP contribution is -2.27. The lowest BCUT2D eigenvalue weighted by atomic mass is 9.86. The first kappa shape index (κ1) is 13.2. The summed E-state index contributed by atoms with van der Waals surface area (Å²) in [6.45, 7) is 4.20. The van der Waals surface area contributed by atoms with Gasteiger partial charge in [0.25, 0.3) is 0 Å². The Bertz CT molecular complexity index is 491. The van der Waals surface area contributed by atoms with E-state index < -0.39 is 0 Å². The molecule has 2 aliphatic rings. The Morgan fingerprint density at radius 2 is 2.06 bits per heavy atom. The topological polar surface area (TPSA) is 24.4 Å². The van der Waals surface area contributed by atoms with Crippen molar-refractivity contribution in [3.63, 3.8) is 0 Å². The zero-order valence-electron chi connectivity index (χ0n) is 10.6. The van der Waals surface area contributed by atoms with E-state index in [1.54, 1.807) is 0 Å². The zero-order valence-corrected chi connectivity index (χ0v) is 11.5. The summed E-state index contributed by atoms with van der Waals surface area (Å²) in [7, 11) is 0. The van der Waals surface area contributed by atoms with Gasteiger partial charge in [-0.25, -0.2) is 0 Å². The highest BCUT2D eigenvalue weighted by molar-refractivity contribution is 5.89. The maximum Gasteiger partial charge on any atom is 0.103 e. The zero-order chi connectivity index (χ0) is 11.7. The van der Waals surface area contributed by atoms with Crippen LogP contribution in [0, 0.1) is 5.92 Å². The van der Waals surface area contributed by atoms with Crippen LogP contribution in [-0.4, -0.2) is 18.9 Å². The van der Waals surface area contributed by atoms with Crippen LogP contribution in [0.1, 0.15) is 24.5 Å². The Hall–Kier alpha value is -1.28. The molecular weight excluding hydrogens is 244 g/mol. The number of hydrogen-bond acceptors (Lipinski definition) is 2. The van der Waals surface area contributed by atoms with Crippen LogP contribution < -0.4 is 5.32 Å². The van der Waals surface area contributed by atoms with E-state index in [1.165, 1.54) is 35.4 Å². The van der Waals surface area contributed by atoms with Crippen molar-refractivity contribution in [3.05, 3.63) is 41.0 Å². The summed E-state index contributed by atoms with van der Waals surface area (Å²) in [6.07, 6.45) is 4.69. The van der Waals surface area contributed by atoms with Crippen molar-refractivity contribution in [2.45, 2.75) is 19.8 Å². The van der Waals surface area contributed by atoms with Gasteiger partial charge in [-0.05, 0) is 24.0 Å². The first-order chi connectivity index (χ1) is 8.34. The molecule has 96 valence electrons. The molecule has 0 fully saturated rings. The fourth-order valence-electron chi connectivity index (χ4n) is 2.68. The van der Waals surface area contributed by atoms with Crippen molar-refractivity contribution in [1.82, 2.24) is 5.32 Å². The number of aliphatic imine (C=N–C) groups is 1. The molecule has 1 aliphatic carbocycles. The number of amidine groups is 1. The number of hydrogen-bond donors (Lipinski definition) is 1. The van der Waals surface area contributed by atoms with Gasteiger partial charge < -0.3 is 5.32 Å². The molecule has 1 aromatic rings. The van der Waals surface area contributed by atoms with Crippen LogP contribution in [0.4, 0.5) is 0 Å². The van der Waals surface area contributed by atoms with E-state index in [1.807, 2.05) is 0 Å². The monoisotopic (exact) mass is 262 g/mol. The Morgan fingerprint density at radius 3 is 2.83 bits per heavy atom. The summed E-state index contributed by atoms with van der Waals surface area (Å²) in [5.41, 5.74) is 4.38. The summed E-state index contributed by atoms with van der Waals surface area (Å²) in [4.78, 5) is 4.53. The first-order valence-corrected chi connectivity index (χ1v) is 6.41. The predicted molar refractivity (Wildman–Crippen MR) is 79.5 cm³/mol. The number of halogens is 1. The van der Waals surface area contributed by atoms with Gasteiger partial charge in [0.05, 0.1) is 6.54 Å². The number of fused-ring (bicyclic) bond motifs is 1. The highest BCUT2D eigenvalue weighted by Crippen LogP contribution is 2.28. The molecule has 0 amide bonds. The third-order valence-corrected chi connectivity index (χ3v) is 3.75. The minimum Gasteiger partial charge on any atom is -0.371 e. The second-order valence-electron chi connectivity index (χ2n) is 4.83. The van der Waals surface area contributed by atoms with Crippen LogP contribution in [-0.2, 0) is 6.42 Å². The van der Waals surface area contributed by atoms with Gasteiger partial charge in [-0.1, -0.05) is 42.8 Å². The van der Waals surface area contributed by atoms with Crippen molar-refractivity contribution >= 4 is 24.3 Å². The van der Waals surface area contributed by atoms with Crippen molar-refractivity contribution in [3.8, 4) is 0 Å². The van der Waals surface area contributed by atoms with Gasteiger partial charge in [0, 0.05) is 12.5 Å². The molecule has 1 heterocycles. The van der Waals surface area contributed by atoms with Crippen molar-refractivity contribution in [1.29, 1.82) is 0 Å². The number of rotatable bonds is 2. The molecule has 0 saturated heterocycles. The Labute approximate surface area is 115 Å². The Morgan fingerprint density at radius 1 is 1.22 bits per heavy atom. The normalized spacial score (nSPS) is 18.9. The van der Waals surface area contributed by atoms with Crippen LogP contribution in [0.3, 0.4) is 0 Å².